The molecule has 1 heterocycles. The molecule has 0 fully saturated rings. The number of hydrogen-bond acceptors (Lipinski definition) is 3. The van der Waals surface area contributed by atoms with E-state index in [1.807, 2.05) is 37.3 Å². The van der Waals surface area contributed by atoms with E-state index in [0.717, 1.165) is 5.56 Å². The lowest BCUT2D eigenvalue weighted by atomic mass is 10.0. The minimum absolute atomic E-state index is 0.0439. The molecular formula is C10H12N2O. The van der Waals surface area contributed by atoms with Gasteiger partial charge in [0.2, 0.25) is 0 Å². The topological polar surface area (TPSA) is 47.6 Å². The molecule has 0 bridgehead atoms. The van der Waals surface area contributed by atoms with Gasteiger partial charge in [0.15, 0.2) is 0 Å². The van der Waals surface area contributed by atoms with Gasteiger partial charge in [0.25, 0.3) is 6.02 Å². The lowest BCUT2D eigenvalue weighted by molar-refractivity contribution is 0.210. The van der Waals surface area contributed by atoms with Crippen molar-refractivity contribution in [3.05, 3.63) is 35.9 Å². The third-order valence-electron chi connectivity index (χ3n) is 2.16. The summed E-state index contributed by atoms with van der Waals surface area (Å²) in [5.74, 6) is 0. The average Bonchev–Trinajstić information content (AvgIpc) is 2.47. The van der Waals surface area contributed by atoms with Crippen LogP contribution in [-0.2, 0) is 4.74 Å². The molecule has 2 rings (SSSR count). The van der Waals surface area contributed by atoms with E-state index in [-0.39, 0.29) is 12.1 Å². The maximum absolute atomic E-state index is 5.48. The van der Waals surface area contributed by atoms with E-state index >= 15 is 0 Å². The van der Waals surface area contributed by atoms with Crippen LogP contribution in [-0.4, -0.2) is 12.1 Å². The summed E-state index contributed by atoms with van der Waals surface area (Å²) in [6, 6.07) is 10.4. The number of nitrogens with two attached hydrogens (primary N) is 1. The largest absolute Gasteiger partial charge is 0.460 e. The SMILES string of the molecule is C[C@H]1OC(N)=N[C@H]1c1ccccc1. The van der Waals surface area contributed by atoms with E-state index in [2.05, 4.69) is 4.99 Å². The molecule has 0 radical (unpaired) electrons. The van der Waals surface area contributed by atoms with E-state index in [1.165, 1.54) is 0 Å². The van der Waals surface area contributed by atoms with Crippen LogP contribution in [0.3, 0.4) is 0 Å². The van der Waals surface area contributed by atoms with Gasteiger partial charge in [0.05, 0.1) is 0 Å². The van der Waals surface area contributed by atoms with Crippen LogP contribution in [0.1, 0.15) is 18.5 Å². The Morgan fingerprint density at radius 2 is 2.00 bits per heavy atom. The molecule has 1 aromatic carbocycles. The molecule has 2 N–H and O–H groups in total. The minimum Gasteiger partial charge on any atom is -0.460 e. The zero-order valence-electron chi connectivity index (χ0n) is 7.47. The van der Waals surface area contributed by atoms with Gasteiger partial charge in [0, 0.05) is 0 Å². The molecule has 0 unspecified atom stereocenters. The summed E-state index contributed by atoms with van der Waals surface area (Å²) < 4.78 is 5.26. The van der Waals surface area contributed by atoms with Gasteiger partial charge in [-0.1, -0.05) is 30.3 Å². The predicted octanol–water partition coefficient (Wildman–Crippen LogP) is 1.46. The van der Waals surface area contributed by atoms with Crippen molar-refractivity contribution in [2.75, 3.05) is 0 Å². The summed E-state index contributed by atoms with van der Waals surface area (Å²) in [5.41, 5.74) is 6.63. The fraction of sp³-hybridized carbons (Fsp3) is 0.300. The number of nitrogens with zero attached hydrogens (tertiary/aromatic N) is 1. The molecule has 1 aliphatic rings. The van der Waals surface area contributed by atoms with Gasteiger partial charge < -0.3 is 10.5 Å². The first-order valence-electron chi connectivity index (χ1n) is 4.32. The molecule has 0 saturated heterocycles. The van der Waals surface area contributed by atoms with Crippen molar-refractivity contribution < 1.29 is 4.74 Å². The Labute approximate surface area is 77.2 Å². The number of benzene rings is 1. The molecule has 0 saturated carbocycles. The van der Waals surface area contributed by atoms with Gasteiger partial charge in [-0.15, -0.1) is 0 Å². The highest BCUT2D eigenvalue weighted by Crippen LogP contribution is 2.27. The molecule has 68 valence electrons. The second-order valence-corrected chi connectivity index (χ2v) is 3.15. The zero-order chi connectivity index (χ0) is 9.26. The molecule has 13 heavy (non-hydrogen) atoms. The Balaban J connectivity index is 2.27. The Kier molecular flexibility index (Phi) is 1.93. The van der Waals surface area contributed by atoms with Crippen LogP contribution in [0.5, 0.6) is 0 Å². The van der Waals surface area contributed by atoms with E-state index in [1.54, 1.807) is 0 Å². The van der Waals surface area contributed by atoms with E-state index < -0.39 is 0 Å². The standard InChI is InChI=1S/C10H12N2O/c1-7-9(12-10(11)13-7)8-5-3-2-4-6-8/h2-7,9H,1H3,(H2,11,12)/t7-,9-/m1/s1. The molecule has 0 aromatic heterocycles. The maximum atomic E-state index is 5.48. The quantitative estimate of drug-likeness (QED) is 0.704. The average molecular weight is 176 g/mol. The molecule has 0 amide bonds. The Morgan fingerprint density at radius 1 is 1.31 bits per heavy atom. The maximum Gasteiger partial charge on any atom is 0.283 e. The van der Waals surface area contributed by atoms with Crippen LogP contribution < -0.4 is 5.73 Å². The summed E-state index contributed by atoms with van der Waals surface area (Å²) >= 11 is 0. The monoisotopic (exact) mass is 176 g/mol. The lowest BCUT2D eigenvalue weighted by Crippen LogP contribution is -2.16. The van der Waals surface area contributed by atoms with Crippen molar-refractivity contribution in [2.45, 2.75) is 19.1 Å². The highest BCUT2D eigenvalue weighted by Gasteiger charge is 2.26. The van der Waals surface area contributed by atoms with Crippen molar-refractivity contribution in [1.29, 1.82) is 0 Å². The summed E-state index contributed by atoms with van der Waals surface area (Å²) in [6.45, 7) is 1.97. The highest BCUT2D eigenvalue weighted by atomic mass is 16.5. The third kappa shape index (κ3) is 1.49. The second-order valence-electron chi connectivity index (χ2n) is 3.15. The number of hydrogen-bond donors (Lipinski definition) is 1. The molecular weight excluding hydrogens is 164 g/mol. The fourth-order valence-electron chi connectivity index (χ4n) is 1.52. The van der Waals surface area contributed by atoms with E-state index in [4.69, 9.17) is 10.5 Å². The first-order chi connectivity index (χ1) is 6.27. The Bertz CT molecular complexity index is 321. The van der Waals surface area contributed by atoms with Crippen LogP contribution in [0.2, 0.25) is 0 Å². The predicted molar refractivity (Wildman–Crippen MR) is 51.4 cm³/mol. The van der Waals surface area contributed by atoms with Gasteiger partial charge in [-0.3, -0.25) is 0 Å². The number of aliphatic imine (C=N–C) groups is 1. The third-order valence-corrected chi connectivity index (χ3v) is 2.16. The smallest absolute Gasteiger partial charge is 0.283 e. The van der Waals surface area contributed by atoms with Crippen LogP contribution >= 0.6 is 0 Å². The van der Waals surface area contributed by atoms with Crippen molar-refractivity contribution in [3.63, 3.8) is 0 Å². The fourth-order valence-corrected chi connectivity index (χ4v) is 1.52. The Morgan fingerprint density at radius 3 is 2.54 bits per heavy atom. The molecule has 1 aliphatic heterocycles. The summed E-state index contributed by atoms with van der Waals surface area (Å²) in [4.78, 5) is 4.21. The first-order valence-corrected chi connectivity index (χ1v) is 4.32. The van der Waals surface area contributed by atoms with Gasteiger partial charge in [-0.25, -0.2) is 4.99 Å². The first kappa shape index (κ1) is 8.10. The Hall–Kier alpha value is -1.51. The van der Waals surface area contributed by atoms with Crippen molar-refractivity contribution in [1.82, 2.24) is 0 Å². The van der Waals surface area contributed by atoms with Gasteiger partial charge in [-0.05, 0) is 12.5 Å². The normalized spacial score (nSPS) is 26.7. The van der Waals surface area contributed by atoms with Crippen LogP contribution in [0, 0.1) is 0 Å². The zero-order valence-corrected chi connectivity index (χ0v) is 7.47. The molecule has 3 nitrogen and oxygen atoms in total. The van der Waals surface area contributed by atoms with Crippen LogP contribution in [0.25, 0.3) is 0 Å². The summed E-state index contributed by atoms with van der Waals surface area (Å²) in [5, 5.41) is 0. The molecule has 1 aromatic rings. The highest BCUT2D eigenvalue weighted by molar-refractivity contribution is 5.73. The van der Waals surface area contributed by atoms with Crippen molar-refractivity contribution in [2.24, 2.45) is 10.7 Å². The number of ether oxygens (including phenoxy) is 1. The summed E-state index contributed by atoms with van der Waals surface area (Å²) in [7, 11) is 0. The molecule has 2 atom stereocenters. The minimum atomic E-state index is 0.0439. The summed E-state index contributed by atoms with van der Waals surface area (Å²) in [6.07, 6.45) is 0.0439. The van der Waals surface area contributed by atoms with Crippen molar-refractivity contribution in [3.8, 4) is 0 Å². The van der Waals surface area contributed by atoms with Crippen LogP contribution in [0.15, 0.2) is 35.3 Å². The number of rotatable bonds is 1. The van der Waals surface area contributed by atoms with E-state index in [0.29, 0.717) is 6.02 Å². The molecule has 0 spiro atoms. The molecule has 3 heteroatoms. The second kappa shape index (κ2) is 3.09. The van der Waals surface area contributed by atoms with E-state index in [9.17, 15) is 0 Å². The van der Waals surface area contributed by atoms with Crippen molar-refractivity contribution >= 4 is 6.02 Å². The number of amidine groups is 1. The van der Waals surface area contributed by atoms with Crippen LogP contribution in [0.4, 0.5) is 0 Å². The van der Waals surface area contributed by atoms with Gasteiger partial charge in [0.1, 0.15) is 12.1 Å². The van der Waals surface area contributed by atoms with Gasteiger partial charge in [-0.2, -0.15) is 0 Å². The lowest BCUT2D eigenvalue weighted by Gasteiger charge is -2.11. The molecule has 0 aliphatic carbocycles. The van der Waals surface area contributed by atoms with Gasteiger partial charge >= 0.3 is 0 Å².